The van der Waals surface area contributed by atoms with Crippen LogP contribution in [0.1, 0.15) is 49.4 Å². The minimum absolute atomic E-state index is 0.0322. The molecular formula is C22H32BrN3O2. The minimum Gasteiger partial charge on any atom is -0.356 e. The average Bonchev–Trinajstić information content (AvgIpc) is 2.72. The zero-order valence-corrected chi connectivity index (χ0v) is 18.4. The average molecular weight is 450 g/mol. The lowest BCUT2D eigenvalue weighted by Gasteiger charge is -2.32. The van der Waals surface area contributed by atoms with Gasteiger partial charge in [0.2, 0.25) is 5.91 Å². The Morgan fingerprint density at radius 1 is 1.04 bits per heavy atom. The van der Waals surface area contributed by atoms with Crippen molar-refractivity contribution in [3.63, 3.8) is 0 Å². The van der Waals surface area contributed by atoms with E-state index in [0.717, 1.165) is 42.7 Å². The molecule has 0 atom stereocenters. The van der Waals surface area contributed by atoms with Gasteiger partial charge in [-0.15, -0.1) is 0 Å². The van der Waals surface area contributed by atoms with Crippen molar-refractivity contribution >= 4 is 27.7 Å². The molecule has 28 heavy (non-hydrogen) atoms. The Kier molecular flexibility index (Phi) is 7.91. The Morgan fingerprint density at radius 3 is 2.32 bits per heavy atom. The molecule has 2 fully saturated rings. The van der Waals surface area contributed by atoms with E-state index in [1.54, 1.807) is 0 Å². The van der Waals surface area contributed by atoms with Gasteiger partial charge in [0.05, 0.1) is 0 Å². The highest BCUT2D eigenvalue weighted by Crippen LogP contribution is 2.20. The van der Waals surface area contributed by atoms with Crippen LogP contribution in [0, 0.1) is 11.8 Å². The quantitative estimate of drug-likeness (QED) is 0.675. The van der Waals surface area contributed by atoms with Gasteiger partial charge in [-0.2, -0.15) is 0 Å². The highest BCUT2D eigenvalue weighted by atomic mass is 79.9. The molecule has 2 heterocycles. The fourth-order valence-corrected chi connectivity index (χ4v) is 4.33. The van der Waals surface area contributed by atoms with Crippen LogP contribution in [-0.4, -0.2) is 60.9 Å². The van der Waals surface area contributed by atoms with Crippen LogP contribution >= 0.6 is 15.9 Å². The number of benzene rings is 1. The van der Waals surface area contributed by atoms with Crippen molar-refractivity contribution in [2.75, 3.05) is 39.3 Å². The summed E-state index contributed by atoms with van der Waals surface area (Å²) in [5.74, 6) is 1.10. The van der Waals surface area contributed by atoms with E-state index < -0.39 is 0 Å². The van der Waals surface area contributed by atoms with E-state index in [-0.39, 0.29) is 17.7 Å². The highest BCUT2D eigenvalue weighted by Gasteiger charge is 2.27. The zero-order chi connectivity index (χ0) is 19.9. The lowest BCUT2D eigenvalue weighted by atomic mass is 9.95. The number of likely N-dealkylation sites (tertiary alicyclic amines) is 2. The summed E-state index contributed by atoms with van der Waals surface area (Å²) in [6.45, 7) is 7.85. The lowest BCUT2D eigenvalue weighted by molar-refractivity contribution is -0.126. The van der Waals surface area contributed by atoms with Crippen molar-refractivity contribution in [3.05, 3.63) is 34.3 Å². The van der Waals surface area contributed by atoms with E-state index in [9.17, 15) is 9.59 Å². The molecule has 0 aromatic heterocycles. The molecule has 5 nitrogen and oxygen atoms in total. The summed E-state index contributed by atoms with van der Waals surface area (Å²) in [6, 6.07) is 7.46. The van der Waals surface area contributed by atoms with Crippen molar-refractivity contribution in [3.8, 4) is 0 Å². The largest absolute Gasteiger partial charge is 0.356 e. The summed E-state index contributed by atoms with van der Waals surface area (Å²) in [7, 11) is 0. The molecule has 0 spiro atoms. The molecule has 1 aromatic rings. The summed E-state index contributed by atoms with van der Waals surface area (Å²) < 4.78 is 0.967. The zero-order valence-electron chi connectivity index (χ0n) is 16.8. The molecule has 2 saturated heterocycles. The predicted octanol–water partition coefficient (Wildman–Crippen LogP) is 3.54. The number of hydrogen-bond donors (Lipinski definition) is 1. The maximum absolute atomic E-state index is 12.6. The molecule has 2 aliphatic rings. The number of rotatable bonds is 6. The Bertz CT molecular complexity index is 648. The fourth-order valence-electron chi connectivity index (χ4n) is 4.06. The molecule has 154 valence electrons. The first-order valence-corrected chi connectivity index (χ1v) is 11.4. The standard InChI is InChI=1S/C22H32BrN3O2/c1-17-7-13-25(14-8-17)12-2-11-24-21(27)18-9-15-26(16-10-18)22(28)19-3-5-20(23)6-4-19/h3-6,17-18H,2,7-16H2,1H3,(H,24,27). The number of carbonyl (C=O) groups is 2. The van der Waals surface area contributed by atoms with E-state index in [2.05, 4.69) is 33.1 Å². The van der Waals surface area contributed by atoms with Crippen molar-refractivity contribution in [1.82, 2.24) is 15.1 Å². The number of carbonyl (C=O) groups excluding carboxylic acids is 2. The second-order valence-electron chi connectivity index (χ2n) is 8.24. The second-order valence-corrected chi connectivity index (χ2v) is 9.16. The van der Waals surface area contributed by atoms with Gasteiger partial charge in [0.25, 0.3) is 5.91 Å². The molecule has 2 amide bonds. The van der Waals surface area contributed by atoms with E-state index in [4.69, 9.17) is 0 Å². The second kappa shape index (κ2) is 10.4. The SMILES string of the molecule is CC1CCN(CCCNC(=O)C2CCN(C(=O)c3ccc(Br)cc3)CC2)CC1. The Balaban J connectivity index is 1.33. The predicted molar refractivity (Wildman–Crippen MR) is 115 cm³/mol. The maximum atomic E-state index is 12.6. The summed E-state index contributed by atoms with van der Waals surface area (Å²) in [6.07, 6.45) is 5.10. The normalized spacial score (nSPS) is 19.6. The van der Waals surface area contributed by atoms with Crippen molar-refractivity contribution in [2.24, 2.45) is 11.8 Å². The number of nitrogens with one attached hydrogen (secondary N) is 1. The third-order valence-electron chi connectivity index (χ3n) is 6.07. The maximum Gasteiger partial charge on any atom is 0.253 e. The Labute approximate surface area is 177 Å². The molecule has 0 bridgehead atoms. The van der Waals surface area contributed by atoms with Gasteiger partial charge in [-0.3, -0.25) is 9.59 Å². The molecule has 6 heteroatoms. The monoisotopic (exact) mass is 449 g/mol. The molecule has 0 aliphatic carbocycles. The van der Waals surface area contributed by atoms with Gasteiger partial charge < -0.3 is 15.1 Å². The summed E-state index contributed by atoms with van der Waals surface area (Å²) in [4.78, 5) is 29.4. The van der Waals surface area contributed by atoms with E-state index in [0.29, 0.717) is 18.7 Å². The third-order valence-corrected chi connectivity index (χ3v) is 6.60. The molecule has 0 radical (unpaired) electrons. The Morgan fingerprint density at radius 2 is 1.68 bits per heavy atom. The van der Waals surface area contributed by atoms with Crippen LogP contribution in [-0.2, 0) is 4.79 Å². The van der Waals surface area contributed by atoms with Crippen LogP contribution in [0.15, 0.2) is 28.7 Å². The summed E-state index contributed by atoms with van der Waals surface area (Å²) in [5.41, 5.74) is 0.707. The van der Waals surface area contributed by atoms with Crippen LogP contribution in [0.25, 0.3) is 0 Å². The van der Waals surface area contributed by atoms with Gasteiger partial charge in [0.1, 0.15) is 0 Å². The van der Waals surface area contributed by atoms with Crippen molar-refractivity contribution < 1.29 is 9.59 Å². The molecule has 1 aromatic carbocycles. The van der Waals surface area contributed by atoms with E-state index >= 15 is 0 Å². The van der Waals surface area contributed by atoms with Crippen molar-refractivity contribution in [1.29, 1.82) is 0 Å². The first-order valence-electron chi connectivity index (χ1n) is 10.6. The number of amides is 2. The van der Waals surface area contributed by atoms with E-state index in [1.165, 1.54) is 25.9 Å². The fraction of sp³-hybridized carbons (Fsp3) is 0.636. The highest BCUT2D eigenvalue weighted by molar-refractivity contribution is 9.10. The molecule has 2 aliphatic heterocycles. The van der Waals surface area contributed by atoms with Crippen LogP contribution in [0.4, 0.5) is 0 Å². The number of piperidine rings is 2. The molecule has 0 unspecified atom stereocenters. The topological polar surface area (TPSA) is 52.7 Å². The number of halogens is 1. The van der Waals surface area contributed by atoms with Crippen LogP contribution < -0.4 is 5.32 Å². The summed E-state index contributed by atoms with van der Waals surface area (Å²) in [5, 5.41) is 3.11. The molecular weight excluding hydrogens is 418 g/mol. The summed E-state index contributed by atoms with van der Waals surface area (Å²) >= 11 is 3.39. The van der Waals surface area contributed by atoms with Gasteiger partial charge in [-0.1, -0.05) is 22.9 Å². The van der Waals surface area contributed by atoms with Crippen LogP contribution in [0.2, 0.25) is 0 Å². The van der Waals surface area contributed by atoms with Gasteiger partial charge in [-0.25, -0.2) is 0 Å². The minimum atomic E-state index is 0.0322. The van der Waals surface area contributed by atoms with Gasteiger partial charge in [0.15, 0.2) is 0 Å². The Hall–Kier alpha value is -1.40. The lowest BCUT2D eigenvalue weighted by Crippen LogP contribution is -2.43. The van der Waals surface area contributed by atoms with Crippen LogP contribution in [0.5, 0.6) is 0 Å². The van der Waals surface area contributed by atoms with E-state index in [1.807, 2.05) is 29.2 Å². The van der Waals surface area contributed by atoms with Crippen LogP contribution in [0.3, 0.4) is 0 Å². The molecule has 3 rings (SSSR count). The molecule has 1 N–H and O–H groups in total. The van der Waals surface area contributed by atoms with Gasteiger partial charge >= 0.3 is 0 Å². The van der Waals surface area contributed by atoms with Crippen molar-refractivity contribution in [2.45, 2.75) is 39.0 Å². The third kappa shape index (κ3) is 6.05. The molecule has 0 saturated carbocycles. The smallest absolute Gasteiger partial charge is 0.253 e. The first-order chi connectivity index (χ1) is 13.5. The van der Waals surface area contributed by atoms with Gasteiger partial charge in [0, 0.05) is 35.6 Å². The van der Waals surface area contributed by atoms with Gasteiger partial charge in [-0.05, 0) is 81.9 Å². The number of hydrogen-bond acceptors (Lipinski definition) is 3. The first kappa shape index (κ1) is 21.3. The number of nitrogens with zero attached hydrogens (tertiary/aromatic N) is 2.